The first kappa shape index (κ1) is 15.5. The van der Waals surface area contributed by atoms with Crippen molar-refractivity contribution in [1.29, 1.82) is 0 Å². The summed E-state index contributed by atoms with van der Waals surface area (Å²) in [6, 6.07) is 1.47. The van der Waals surface area contributed by atoms with Crippen LogP contribution in [0.3, 0.4) is 0 Å². The van der Waals surface area contributed by atoms with Gasteiger partial charge in [0.15, 0.2) is 0 Å². The Morgan fingerprint density at radius 1 is 1.26 bits per heavy atom. The maximum atomic E-state index is 12.0. The van der Waals surface area contributed by atoms with E-state index in [1.165, 1.54) is 20.3 Å². The molecule has 0 aliphatic heterocycles. The summed E-state index contributed by atoms with van der Waals surface area (Å²) in [7, 11) is 2.91. The van der Waals surface area contributed by atoms with Crippen LogP contribution < -0.4 is 9.47 Å². The zero-order valence-corrected chi connectivity index (χ0v) is 12.8. The van der Waals surface area contributed by atoms with Crippen LogP contribution >= 0.6 is 15.9 Å². The van der Waals surface area contributed by atoms with E-state index in [4.69, 9.17) is 14.2 Å². The number of esters is 1. The van der Waals surface area contributed by atoms with E-state index in [1.807, 2.05) is 6.92 Å². The van der Waals surface area contributed by atoms with Gasteiger partial charge in [-0.2, -0.15) is 0 Å². The Hall–Kier alpha value is -1.56. The van der Waals surface area contributed by atoms with Gasteiger partial charge in [-0.1, -0.05) is 0 Å². The topological polar surface area (TPSA) is 61.8 Å². The van der Waals surface area contributed by atoms with Gasteiger partial charge in [0.1, 0.15) is 11.5 Å². The first-order valence-corrected chi connectivity index (χ1v) is 6.39. The van der Waals surface area contributed by atoms with Crippen LogP contribution in [0, 0.1) is 6.92 Å². The zero-order chi connectivity index (χ0) is 14.6. The third-order valence-corrected chi connectivity index (χ3v) is 3.50. The third kappa shape index (κ3) is 3.07. The summed E-state index contributed by atoms with van der Waals surface area (Å²) in [6.07, 6.45) is 0. The molecule has 1 aromatic carbocycles. The molecule has 0 aliphatic rings. The van der Waals surface area contributed by atoms with E-state index in [1.54, 1.807) is 6.92 Å². The van der Waals surface area contributed by atoms with Gasteiger partial charge in [-0.15, -0.1) is 0 Å². The van der Waals surface area contributed by atoms with Gasteiger partial charge in [-0.05, 0) is 35.8 Å². The maximum absolute atomic E-state index is 12.0. The average molecular weight is 331 g/mol. The Kier molecular flexibility index (Phi) is 5.35. The molecule has 0 saturated carbocycles. The van der Waals surface area contributed by atoms with Crippen LogP contribution in [0.2, 0.25) is 0 Å². The number of benzene rings is 1. The van der Waals surface area contributed by atoms with Gasteiger partial charge >= 0.3 is 5.97 Å². The molecule has 19 heavy (non-hydrogen) atoms. The fraction of sp³-hybridized carbons (Fsp3) is 0.385. The standard InChI is InChI=1S/C13H15BrO5/c1-5-19-13(16)11(15)8-6-9(17-3)7(2)10(14)12(8)18-4/h6H,5H2,1-4H3. The number of Topliss-reactive ketones (excluding diaryl/α,β-unsaturated/α-hetero) is 1. The highest BCUT2D eigenvalue weighted by molar-refractivity contribution is 9.10. The van der Waals surface area contributed by atoms with E-state index >= 15 is 0 Å². The van der Waals surface area contributed by atoms with Crippen molar-refractivity contribution in [3.8, 4) is 11.5 Å². The summed E-state index contributed by atoms with van der Waals surface area (Å²) < 4.78 is 15.6. The second-order valence-electron chi connectivity index (χ2n) is 3.65. The van der Waals surface area contributed by atoms with Crippen LogP contribution in [-0.4, -0.2) is 32.6 Å². The lowest BCUT2D eigenvalue weighted by Crippen LogP contribution is -2.18. The molecule has 0 heterocycles. The fourth-order valence-electron chi connectivity index (χ4n) is 1.59. The fourth-order valence-corrected chi connectivity index (χ4v) is 2.16. The minimum atomic E-state index is -0.918. The molecule has 0 amide bonds. The van der Waals surface area contributed by atoms with Gasteiger partial charge in [0.2, 0.25) is 0 Å². The van der Waals surface area contributed by atoms with E-state index in [9.17, 15) is 9.59 Å². The molecule has 0 saturated heterocycles. The SMILES string of the molecule is CCOC(=O)C(=O)c1cc(OC)c(C)c(Br)c1OC. The lowest BCUT2D eigenvalue weighted by Gasteiger charge is -2.14. The Bertz CT molecular complexity index is 510. The normalized spacial score (nSPS) is 9.95. The summed E-state index contributed by atoms with van der Waals surface area (Å²) in [4.78, 5) is 23.5. The number of methoxy groups -OCH3 is 2. The number of hydrogen-bond donors (Lipinski definition) is 0. The summed E-state index contributed by atoms with van der Waals surface area (Å²) in [6.45, 7) is 3.58. The van der Waals surface area contributed by atoms with E-state index in [0.717, 1.165) is 5.56 Å². The van der Waals surface area contributed by atoms with Crippen LogP contribution in [0.25, 0.3) is 0 Å². The summed E-state index contributed by atoms with van der Waals surface area (Å²) in [5, 5.41) is 0. The molecule has 0 radical (unpaired) electrons. The predicted molar refractivity (Wildman–Crippen MR) is 72.9 cm³/mol. The second kappa shape index (κ2) is 6.56. The van der Waals surface area contributed by atoms with Crippen molar-refractivity contribution >= 4 is 27.7 Å². The molecule has 0 fully saturated rings. The Balaban J connectivity index is 3.37. The highest BCUT2D eigenvalue weighted by Gasteiger charge is 2.25. The Labute approximate surface area is 120 Å². The number of carbonyl (C=O) groups is 2. The van der Waals surface area contributed by atoms with Crippen LogP contribution in [0.1, 0.15) is 22.8 Å². The molecule has 1 aromatic rings. The van der Waals surface area contributed by atoms with Crippen molar-refractivity contribution in [2.75, 3.05) is 20.8 Å². The summed E-state index contributed by atoms with van der Waals surface area (Å²) in [5.41, 5.74) is 0.884. The molecule has 0 aromatic heterocycles. The smallest absolute Gasteiger partial charge is 0.379 e. The van der Waals surface area contributed by atoms with Gasteiger partial charge in [0, 0.05) is 5.56 Å². The van der Waals surface area contributed by atoms with E-state index in [2.05, 4.69) is 15.9 Å². The van der Waals surface area contributed by atoms with E-state index in [-0.39, 0.29) is 17.9 Å². The number of ether oxygens (including phenoxy) is 3. The van der Waals surface area contributed by atoms with Crippen LogP contribution in [0.5, 0.6) is 11.5 Å². The van der Waals surface area contributed by atoms with Crippen LogP contribution in [-0.2, 0) is 9.53 Å². The average Bonchev–Trinajstić information content (AvgIpc) is 2.41. The first-order chi connectivity index (χ1) is 8.97. The second-order valence-corrected chi connectivity index (χ2v) is 4.44. The molecule has 0 aliphatic carbocycles. The predicted octanol–water partition coefficient (Wildman–Crippen LogP) is 2.52. The number of rotatable bonds is 5. The van der Waals surface area contributed by atoms with Gasteiger partial charge < -0.3 is 14.2 Å². The van der Waals surface area contributed by atoms with Gasteiger partial charge in [0.25, 0.3) is 5.78 Å². The summed E-state index contributed by atoms with van der Waals surface area (Å²) in [5.74, 6) is -0.909. The third-order valence-electron chi connectivity index (χ3n) is 2.55. The minimum absolute atomic E-state index is 0.107. The summed E-state index contributed by atoms with van der Waals surface area (Å²) >= 11 is 3.33. The van der Waals surface area contributed by atoms with Crippen LogP contribution in [0.4, 0.5) is 0 Å². The van der Waals surface area contributed by atoms with Gasteiger partial charge in [-0.3, -0.25) is 4.79 Å². The molecule has 0 bridgehead atoms. The Morgan fingerprint density at radius 2 is 1.89 bits per heavy atom. The number of carbonyl (C=O) groups excluding carboxylic acids is 2. The van der Waals surface area contributed by atoms with Crippen molar-refractivity contribution in [3.63, 3.8) is 0 Å². The zero-order valence-electron chi connectivity index (χ0n) is 11.2. The van der Waals surface area contributed by atoms with Crippen molar-refractivity contribution < 1.29 is 23.8 Å². The molecule has 0 N–H and O–H groups in total. The van der Waals surface area contributed by atoms with E-state index < -0.39 is 11.8 Å². The molecule has 0 spiro atoms. The molecular formula is C13H15BrO5. The van der Waals surface area contributed by atoms with Crippen molar-refractivity contribution in [3.05, 3.63) is 21.7 Å². The van der Waals surface area contributed by atoms with Gasteiger partial charge in [0.05, 0.1) is 30.9 Å². The lowest BCUT2D eigenvalue weighted by molar-refractivity contribution is -0.137. The number of hydrogen-bond acceptors (Lipinski definition) is 5. The molecule has 1 rings (SSSR count). The largest absolute Gasteiger partial charge is 0.496 e. The number of ketones is 1. The highest BCUT2D eigenvalue weighted by atomic mass is 79.9. The molecule has 0 unspecified atom stereocenters. The lowest BCUT2D eigenvalue weighted by atomic mass is 10.1. The number of halogens is 1. The first-order valence-electron chi connectivity index (χ1n) is 5.60. The maximum Gasteiger partial charge on any atom is 0.379 e. The monoisotopic (exact) mass is 330 g/mol. The highest BCUT2D eigenvalue weighted by Crippen LogP contribution is 2.38. The van der Waals surface area contributed by atoms with Crippen LogP contribution in [0.15, 0.2) is 10.5 Å². The molecule has 5 nitrogen and oxygen atoms in total. The van der Waals surface area contributed by atoms with Gasteiger partial charge in [-0.25, -0.2) is 4.79 Å². The Morgan fingerprint density at radius 3 is 2.37 bits per heavy atom. The quantitative estimate of drug-likeness (QED) is 0.471. The molecule has 104 valence electrons. The van der Waals surface area contributed by atoms with E-state index in [0.29, 0.717) is 10.2 Å². The van der Waals surface area contributed by atoms with Crippen molar-refractivity contribution in [2.45, 2.75) is 13.8 Å². The minimum Gasteiger partial charge on any atom is -0.496 e. The van der Waals surface area contributed by atoms with Crippen molar-refractivity contribution in [2.24, 2.45) is 0 Å². The molecule has 0 atom stereocenters. The molecule has 6 heteroatoms. The van der Waals surface area contributed by atoms with Crippen molar-refractivity contribution in [1.82, 2.24) is 0 Å². The molecular weight excluding hydrogens is 316 g/mol.